The number of alkyl halides is 2. The van der Waals surface area contributed by atoms with E-state index in [1.54, 1.807) is 11.8 Å². The molecular weight excluding hydrogens is 2080 g/mol. The fourth-order valence-corrected chi connectivity index (χ4v) is 22.4. The van der Waals surface area contributed by atoms with E-state index in [2.05, 4.69) is 196 Å². The summed E-state index contributed by atoms with van der Waals surface area (Å²) in [7, 11) is -6.76. The maximum atomic E-state index is 12.1. The summed E-state index contributed by atoms with van der Waals surface area (Å²) < 4.78 is 128. The summed E-state index contributed by atoms with van der Waals surface area (Å²) in [6.07, 6.45) is 6.54. The van der Waals surface area contributed by atoms with Crippen LogP contribution in [0.3, 0.4) is 0 Å². The molecule has 4 N–H and O–H groups in total. The first kappa shape index (κ1) is 117. The number of carbonyl (C=O) groups is 2. The molecule has 0 spiro atoms. The first-order valence-electron chi connectivity index (χ1n) is 40.3. The third-order valence-corrected chi connectivity index (χ3v) is 28.8. The molecule has 0 aromatic heterocycles. The monoisotopic (exact) mass is 2160 g/mol. The van der Waals surface area contributed by atoms with Gasteiger partial charge in [-0.05, 0) is 170 Å². The molecule has 7 aliphatic rings. The minimum Gasteiger partial charge on any atom is -1.00 e. The second-order valence-corrected chi connectivity index (χ2v) is 46.3. The van der Waals surface area contributed by atoms with E-state index >= 15 is 0 Å². The van der Waals surface area contributed by atoms with E-state index in [0.717, 1.165) is 65.6 Å². The van der Waals surface area contributed by atoms with Crippen LogP contribution < -0.4 is 99.8 Å². The Balaban J connectivity index is 0.000000241. The fraction of sp³-hybridized carbons (Fsp3) is 0.0481. The molecule has 0 bridgehead atoms. The molecule has 1 atom stereocenters. The molecule has 22 rings (SSSR count). The smallest absolute Gasteiger partial charge is 1.00 e. The number of para-hydroxylation sites is 11. The SMILES string of the molecule is CC(F)(F)C(=O)O.C[Si](C)(C)Cl.O=C(O)[C-](F)F.O=S(=O)=O.O=S1c2ccccc2Oc2ccccc21.O=S1c2ccccc2Oc2ccccc21.OO.[Br-].[C+]1=CC2=C(C=C1)Oc1ccccc1[S+]2c1ccccc1.[Cl-].[Cl-].[Mg+2].[Na+].[c-]1ccccc1.c1ccc([S+]2c3ccccc3Oc3ccccc32)cc1.c1ccc([S+]2c3ccccc3Oc3ccccc32)cc1.c1ccc2c(c1)Oc1ccccc1S2. The summed E-state index contributed by atoms with van der Waals surface area (Å²) in [4.78, 5) is 35.0. The van der Waals surface area contributed by atoms with E-state index in [0.29, 0.717) is 29.9 Å². The number of aliphatic carboxylic acids is 2. The number of allylic oxidation sites excluding steroid dienone is 4. The number of ether oxygens (including phenoxy) is 6. The topological polar surface area (TPSA) is 256 Å². The molecule has 35 heteroatoms. The van der Waals surface area contributed by atoms with Crippen molar-refractivity contribution >= 4 is 130 Å². The molecule has 1 unspecified atom stereocenters. The molecule has 17 nitrogen and oxygen atoms in total. The summed E-state index contributed by atoms with van der Waals surface area (Å²) >= 11 is 7.43. The van der Waals surface area contributed by atoms with Crippen LogP contribution >= 0.6 is 22.8 Å². The Morgan fingerprint density at radius 3 is 0.906 bits per heavy atom. The van der Waals surface area contributed by atoms with Gasteiger partial charge in [-0.3, -0.25) is 15.3 Å². The second-order valence-electron chi connectivity index (χ2n) is 28.5. The van der Waals surface area contributed by atoms with Gasteiger partial charge in [-0.1, -0.05) is 219 Å². The van der Waals surface area contributed by atoms with Crippen molar-refractivity contribution in [1.29, 1.82) is 0 Å². The van der Waals surface area contributed by atoms with Gasteiger partial charge in [0.2, 0.25) is 30.4 Å². The maximum Gasteiger partial charge on any atom is 2.00 e. The molecule has 6 heterocycles. The van der Waals surface area contributed by atoms with Crippen LogP contribution in [0.4, 0.5) is 17.6 Å². The molecule has 6 aliphatic heterocycles. The molecule has 0 amide bonds. The third-order valence-electron chi connectivity index (χ3n) is 17.9. The minimum absolute atomic E-state index is 0. The van der Waals surface area contributed by atoms with Crippen LogP contribution in [0.1, 0.15) is 6.92 Å². The van der Waals surface area contributed by atoms with Gasteiger partial charge in [0.1, 0.15) is 69.7 Å². The zero-order valence-electron chi connectivity index (χ0n) is 74.4. The standard InChI is InChI=1S/2C18H13OS.C18H12OS.2C12H8O2S.C12H8OS.C6H5.C3H9ClSi.C3H4F2O2.C2HF2O2.BrH.2ClH.Mg.Na.O3S.H2O2/c3*1-2-8-14(9-3-1)20-17-12-6-4-10-15(17)19-16-11-5-7-13-18(16)20;2*13-15-11-7-3-1-5-9(11)14-10-6-2-4-8-12(10)15;1-3-7-11-9(5-1)13-10-6-2-4-8-12(10)14-11;1-2-4-6-5-3-1;1-5(2,3)4;1-3(4,5)2(6)7;3-1(4)2(5)6;;;;;;1-4(2)3;1-2/h2*1-13H;1-6,8-13H;2*1-8H;1-8H;1-5H;1-3H3;1H3,(H,6,7);(H,5,6);3*1H;;;;1-2H/q2*+1;+2;;;;-1;;;-1;;;;+2;+1;;/p-3. The average molecular weight is 2170 g/mol. The van der Waals surface area contributed by atoms with E-state index < -0.39 is 63.9 Å². The van der Waals surface area contributed by atoms with Gasteiger partial charge < -0.3 is 89.2 Å². The Labute approximate surface area is 889 Å². The van der Waals surface area contributed by atoms with Crippen molar-refractivity contribution in [3.05, 3.63) is 436 Å². The summed E-state index contributed by atoms with van der Waals surface area (Å²) in [6.45, 7) is 6.60. The van der Waals surface area contributed by atoms with Crippen LogP contribution in [0, 0.1) is 18.6 Å². The van der Waals surface area contributed by atoms with E-state index in [-0.39, 0.29) is 127 Å². The molecule has 0 radical (unpaired) electrons. The van der Waals surface area contributed by atoms with Gasteiger partial charge in [0.05, 0.1) is 57.0 Å². The van der Waals surface area contributed by atoms with Gasteiger partial charge >= 0.3 is 80.0 Å². The van der Waals surface area contributed by atoms with Crippen molar-refractivity contribution in [2.24, 2.45) is 0 Å². The van der Waals surface area contributed by atoms with Crippen molar-refractivity contribution in [1.82, 2.24) is 0 Å². The average Bonchev–Trinajstić information content (AvgIpc) is 0.767. The predicted octanol–water partition coefficient (Wildman–Crippen LogP) is 15.3. The minimum atomic E-state index is -3.58. The predicted molar refractivity (Wildman–Crippen MR) is 523 cm³/mol. The van der Waals surface area contributed by atoms with Gasteiger partial charge in [0.15, 0.2) is 60.4 Å². The van der Waals surface area contributed by atoms with E-state index in [4.69, 9.17) is 77.6 Å². The van der Waals surface area contributed by atoms with Crippen LogP contribution in [0.5, 0.6) is 63.2 Å². The van der Waals surface area contributed by atoms with Gasteiger partial charge in [-0.2, -0.15) is 56.3 Å². The number of benzene rings is 15. The van der Waals surface area contributed by atoms with Crippen LogP contribution in [-0.4, -0.2) is 90.1 Å². The van der Waals surface area contributed by atoms with E-state index in [1.165, 1.54) is 53.9 Å². The number of rotatable bonds is 5. The number of fused-ring (bicyclic) bond motifs is 11. The van der Waals surface area contributed by atoms with E-state index in [1.807, 2.05) is 243 Å². The molecule has 0 fully saturated rings. The summed E-state index contributed by atoms with van der Waals surface area (Å²) in [5, 5.41) is 26.7. The Morgan fingerprint density at radius 1 is 0.410 bits per heavy atom. The Morgan fingerprint density at radius 2 is 0.633 bits per heavy atom. The van der Waals surface area contributed by atoms with Gasteiger partial charge in [-0.15, -0.1) is 12.6 Å². The van der Waals surface area contributed by atoms with Crippen molar-refractivity contribution in [2.45, 2.75) is 101 Å². The number of carboxylic acid groups (broad SMARTS) is 2. The molecule has 1 aliphatic carbocycles. The summed E-state index contributed by atoms with van der Waals surface area (Å²) in [5.74, 6) is 2.62. The fourth-order valence-electron chi connectivity index (χ4n) is 12.3. The van der Waals surface area contributed by atoms with Crippen molar-refractivity contribution < 1.29 is 169 Å². The normalized spacial score (nSPS) is 12.7. The molecule has 704 valence electrons. The maximum absolute atomic E-state index is 12.1. The zero-order valence-corrected chi connectivity index (χ0v) is 88.4. The van der Waals surface area contributed by atoms with Crippen molar-refractivity contribution in [2.75, 3.05) is 0 Å². The Kier molecular flexibility index (Phi) is 49.8. The number of halogens is 8. The van der Waals surface area contributed by atoms with Crippen molar-refractivity contribution in [3.63, 3.8) is 0 Å². The third kappa shape index (κ3) is 34.3. The van der Waals surface area contributed by atoms with Crippen LogP contribution in [-0.2, 0) is 74.5 Å². The number of hydrogen-bond donors (Lipinski definition) is 4. The molecule has 0 saturated heterocycles. The van der Waals surface area contributed by atoms with E-state index in [9.17, 15) is 30.8 Å². The number of hydrogen-bond acceptors (Lipinski definition) is 16. The van der Waals surface area contributed by atoms with Crippen LogP contribution in [0.15, 0.2) is 486 Å². The first-order valence-corrected chi connectivity index (χ1v) is 52.6. The quantitative estimate of drug-likeness (QED) is 0.0237. The Hall–Kier alpha value is -10.7. The summed E-state index contributed by atoms with van der Waals surface area (Å²) in [6, 6.07) is 132. The van der Waals surface area contributed by atoms with Gasteiger partial charge in [-0.25, -0.2) is 13.2 Å². The first-order chi connectivity index (χ1) is 64.8. The number of carboxylic acids is 2. The molecule has 15 aromatic rings. The van der Waals surface area contributed by atoms with Gasteiger partial charge in [0.25, 0.3) is 5.76 Å². The van der Waals surface area contributed by atoms with Crippen LogP contribution in [0.25, 0.3) is 0 Å². The zero-order chi connectivity index (χ0) is 95.5. The molecule has 139 heavy (non-hydrogen) atoms. The molecule has 15 aromatic carbocycles. The molecule has 0 saturated carbocycles. The largest absolute Gasteiger partial charge is 2.00 e. The summed E-state index contributed by atoms with van der Waals surface area (Å²) in [5.41, 5.74) is 0. The Bertz CT molecular complexity index is 6220. The van der Waals surface area contributed by atoms with Crippen molar-refractivity contribution in [3.8, 4) is 63.2 Å². The van der Waals surface area contributed by atoms with Gasteiger partial charge in [0, 0.05) is 19.4 Å². The molecular formula is C104H83BrCl3F4MgNaO17S7Si+2. The van der Waals surface area contributed by atoms with Crippen LogP contribution in [0.2, 0.25) is 19.6 Å². The second kappa shape index (κ2) is 59.2.